The minimum absolute atomic E-state index is 0.0672. The van der Waals surface area contributed by atoms with E-state index in [4.69, 9.17) is 38.9 Å². The third kappa shape index (κ3) is 10.4. The number of rotatable bonds is 6. The van der Waals surface area contributed by atoms with Gasteiger partial charge in [-0.1, -0.05) is 179 Å². The van der Waals surface area contributed by atoms with Gasteiger partial charge in [0.25, 0.3) is 0 Å². The predicted molar refractivity (Wildman–Crippen MR) is 342 cm³/mol. The van der Waals surface area contributed by atoms with Gasteiger partial charge in [-0.05, 0) is 141 Å². The van der Waals surface area contributed by atoms with Gasteiger partial charge in [0.15, 0.2) is 0 Å². The summed E-state index contributed by atoms with van der Waals surface area (Å²) in [6.07, 6.45) is 2.18. The molecular formula is C67H46Br4IN5O4. The third-order valence-corrected chi connectivity index (χ3v) is 18.3. The van der Waals surface area contributed by atoms with Gasteiger partial charge in [-0.3, -0.25) is 0 Å². The van der Waals surface area contributed by atoms with Crippen LogP contribution in [0, 0.1) is 3.57 Å². The fourth-order valence-electron chi connectivity index (χ4n) is 11.5. The molecule has 2 aromatic heterocycles. The van der Waals surface area contributed by atoms with Crippen LogP contribution < -0.4 is 9.47 Å². The Balaban J connectivity index is 0.000000110. The number of halogens is 5. The molecule has 8 aromatic carbocycles. The van der Waals surface area contributed by atoms with E-state index < -0.39 is 0 Å². The SMILES string of the molecule is Brc1ccc(I)c(CC2=NC(c3ccccc3)Oc3cc(Br)ccc32)c1.Brc1ccc2c(c1)O[C@@H](c1ccccc1)n1c-2cc2cc(Br)ccc21.c1cc(C2=N[C@H]3c4ccccc4C[C@H]3O2)nc(C2=N[C@H]3c4ccccc4C[C@H]3O2)c1. The van der Waals surface area contributed by atoms with Crippen molar-refractivity contribution < 1.29 is 18.9 Å². The Hall–Kier alpha value is -6.69. The normalized spacial score (nSPS) is 20.0. The molecule has 0 saturated carbocycles. The van der Waals surface area contributed by atoms with Gasteiger partial charge < -0.3 is 23.5 Å². The molecule has 6 heterocycles. The Kier molecular flexibility index (Phi) is 14.4. The molecule has 2 aliphatic carbocycles. The van der Waals surface area contributed by atoms with E-state index in [9.17, 15) is 0 Å². The molecule has 0 fully saturated rings. The Morgan fingerprint density at radius 2 is 1.02 bits per heavy atom. The van der Waals surface area contributed by atoms with Crippen molar-refractivity contribution in [1.82, 2.24) is 9.55 Å². The molecule has 1 unspecified atom stereocenters. The number of aromatic nitrogens is 2. The minimum atomic E-state index is -0.321. The molecule has 4 aliphatic heterocycles. The summed E-state index contributed by atoms with van der Waals surface area (Å²) in [6.45, 7) is 0. The lowest BCUT2D eigenvalue weighted by Crippen LogP contribution is -2.22. The molecule has 81 heavy (non-hydrogen) atoms. The Morgan fingerprint density at radius 3 is 1.68 bits per heavy atom. The molecule has 0 bridgehead atoms. The van der Waals surface area contributed by atoms with Crippen LogP contribution in [0.15, 0.2) is 239 Å². The quantitative estimate of drug-likeness (QED) is 0.155. The highest BCUT2D eigenvalue weighted by Crippen LogP contribution is 2.46. The van der Waals surface area contributed by atoms with Crippen LogP contribution in [-0.2, 0) is 28.7 Å². The maximum atomic E-state index is 6.44. The first-order chi connectivity index (χ1) is 39.6. The van der Waals surface area contributed by atoms with Gasteiger partial charge in [-0.15, -0.1) is 0 Å². The maximum Gasteiger partial charge on any atom is 0.236 e. The zero-order chi connectivity index (χ0) is 54.7. The van der Waals surface area contributed by atoms with E-state index in [0.717, 1.165) is 88.0 Å². The molecular weight excluding hydrogens is 1390 g/mol. The van der Waals surface area contributed by atoms with Crippen LogP contribution in [0.25, 0.3) is 22.2 Å². The van der Waals surface area contributed by atoms with Crippen LogP contribution in [0.4, 0.5) is 0 Å². The molecule has 0 N–H and O–H groups in total. The highest BCUT2D eigenvalue weighted by Gasteiger charge is 2.42. The Morgan fingerprint density at radius 1 is 0.481 bits per heavy atom. The maximum absolute atomic E-state index is 6.44. The monoisotopic (exact) mass is 1430 g/mol. The average Bonchev–Trinajstić information content (AvgIpc) is 4.54. The van der Waals surface area contributed by atoms with Gasteiger partial charge >= 0.3 is 0 Å². The molecule has 0 saturated heterocycles. The van der Waals surface area contributed by atoms with E-state index in [0.29, 0.717) is 11.8 Å². The first-order valence-corrected chi connectivity index (χ1v) is 30.9. The van der Waals surface area contributed by atoms with Crippen molar-refractivity contribution >= 4 is 115 Å². The van der Waals surface area contributed by atoms with Crippen molar-refractivity contribution in [3.05, 3.63) is 284 Å². The largest absolute Gasteiger partial charge is 0.470 e. The smallest absolute Gasteiger partial charge is 0.236 e. The van der Waals surface area contributed by atoms with E-state index in [1.807, 2.05) is 60.7 Å². The summed E-state index contributed by atoms with van der Waals surface area (Å²) in [7, 11) is 0. The summed E-state index contributed by atoms with van der Waals surface area (Å²) in [4.78, 5) is 19.5. The fourth-order valence-corrected chi connectivity index (χ4v) is 13.5. The number of hydrogen-bond donors (Lipinski definition) is 0. The number of nitrogens with zero attached hydrogens (tertiary/aromatic N) is 5. The summed E-state index contributed by atoms with van der Waals surface area (Å²) in [6, 6.07) is 70.7. The van der Waals surface area contributed by atoms with Crippen molar-refractivity contribution in [1.29, 1.82) is 0 Å². The average molecular weight is 1430 g/mol. The predicted octanol–water partition coefficient (Wildman–Crippen LogP) is 17.7. The van der Waals surface area contributed by atoms with E-state index in [-0.39, 0.29) is 36.7 Å². The number of pyridine rings is 1. The second-order valence-electron chi connectivity index (χ2n) is 20.4. The topological polar surface area (TPSA) is 91.8 Å². The van der Waals surface area contributed by atoms with Crippen LogP contribution in [0.2, 0.25) is 0 Å². The number of aliphatic imine (C=N–C) groups is 3. The lowest BCUT2D eigenvalue weighted by atomic mass is 9.99. The number of ether oxygens (including phenoxy) is 4. The first-order valence-electron chi connectivity index (χ1n) is 26.6. The summed E-state index contributed by atoms with van der Waals surface area (Å²) < 4.78 is 32.7. The molecule has 14 heteroatoms. The molecule has 0 radical (unpaired) electrons. The van der Waals surface area contributed by atoms with Crippen LogP contribution in [0.5, 0.6) is 11.5 Å². The van der Waals surface area contributed by atoms with Crippen molar-refractivity contribution in [2.75, 3.05) is 0 Å². The highest BCUT2D eigenvalue weighted by molar-refractivity contribution is 14.1. The lowest BCUT2D eigenvalue weighted by Gasteiger charge is -2.30. The van der Waals surface area contributed by atoms with Gasteiger partial charge in [0.2, 0.25) is 24.3 Å². The zero-order valence-corrected chi connectivity index (χ0v) is 51.5. The van der Waals surface area contributed by atoms with Crippen molar-refractivity contribution in [3.8, 4) is 22.8 Å². The zero-order valence-electron chi connectivity index (χ0n) is 43.0. The van der Waals surface area contributed by atoms with E-state index in [2.05, 4.69) is 236 Å². The van der Waals surface area contributed by atoms with E-state index in [1.54, 1.807) is 0 Å². The molecule has 0 amide bonds. The number of hydrogen-bond acceptors (Lipinski definition) is 8. The summed E-state index contributed by atoms with van der Waals surface area (Å²) in [5.41, 5.74) is 15.7. The van der Waals surface area contributed by atoms with Crippen LogP contribution in [0.3, 0.4) is 0 Å². The van der Waals surface area contributed by atoms with E-state index in [1.165, 1.54) is 48.0 Å². The van der Waals surface area contributed by atoms with Crippen molar-refractivity contribution in [3.63, 3.8) is 0 Å². The summed E-state index contributed by atoms with van der Waals surface area (Å²) in [5.74, 6) is 3.00. The molecule has 6 aliphatic rings. The number of fused-ring (bicyclic) bond motifs is 12. The second-order valence-corrected chi connectivity index (χ2v) is 25.2. The van der Waals surface area contributed by atoms with E-state index >= 15 is 0 Å². The minimum Gasteiger partial charge on any atom is -0.470 e. The van der Waals surface area contributed by atoms with Gasteiger partial charge in [-0.2, -0.15) is 0 Å². The van der Waals surface area contributed by atoms with Gasteiger partial charge in [0, 0.05) is 68.4 Å². The molecule has 10 aromatic rings. The highest BCUT2D eigenvalue weighted by atomic mass is 127. The molecule has 398 valence electrons. The van der Waals surface area contributed by atoms with Crippen LogP contribution >= 0.6 is 86.3 Å². The number of benzene rings is 8. The van der Waals surface area contributed by atoms with Crippen molar-refractivity contribution in [2.24, 2.45) is 15.0 Å². The first kappa shape index (κ1) is 52.4. The van der Waals surface area contributed by atoms with Gasteiger partial charge in [0.05, 0.1) is 16.9 Å². The van der Waals surface area contributed by atoms with Crippen molar-refractivity contribution in [2.45, 2.75) is 56.0 Å². The molecule has 6 atom stereocenters. The lowest BCUT2D eigenvalue weighted by molar-refractivity contribution is 0.173. The molecule has 0 spiro atoms. The standard InChI is InChI=1S/C25H19N3O2.C21H14Br2INO.C21H13Br2NO/c1-3-8-16-14(6-1)12-20-22(16)27-24(29-20)18-10-5-11-19(26-18)25-28-23-17-9-4-2-7-15(17)13-21(23)30-25;22-15-7-9-18(24)14(10-15)11-19-17-8-6-16(23)12-20(17)26-21(25-19)13-4-2-1-3-5-13;22-15-7-9-18-14(10-15)11-19-17-8-6-16(23)12-20(17)25-21(24(18)19)13-4-2-1-3-5-13/h1-11,20-23H,12-13H2;1-10,12,21H,11H2;1-12,21H/t20-,21-,22+,23+;;21-/m1.0/s1. The Bertz CT molecular complexity index is 4100. The van der Waals surface area contributed by atoms with Crippen LogP contribution in [0.1, 0.15) is 80.4 Å². The fraction of sp³-hybridized carbons (Fsp3) is 0.134. The summed E-state index contributed by atoms with van der Waals surface area (Å²) in [5, 5.41) is 1.20. The van der Waals surface area contributed by atoms with Crippen LogP contribution in [-0.4, -0.2) is 39.3 Å². The second kappa shape index (κ2) is 22.2. The van der Waals surface area contributed by atoms with Gasteiger partial charge in [-0.25, -0.2) is 20.0 Å². The molecule has 9 nitrogen and oxygen atoms in total. The summed E-state index contributed by atoms with van der Waals surface area (Å²) >= 11 is 16.6. The Labute approximate surface area is 515 Å². The third-order valence-electron chi connectivity index (χ3n) is 15.3. The molecule has 16 rings (SSSR count). The van der Waals surface area contributed by atoms with Gasteiger partial charge in [0.1, 0.15) is 47.2 Å².